The van der Waals surface area contributed by atoms with E-state index in [4.69, 9.17) is 27.9 Å². The van der Waals surface area contributed by atoms with Crippen LogP contribution in [0.5, 0.6) is 11.5 Å². The lowest BCUT2D eigenvalue weighted by molar-refractivity contribution is -0.137. The van der Waals surface area contributed by atoms with Crippen LogP contribution in [-0.2, 0) is 6.18 Å². The molecule has 0 aromatic heterocycles. The number of benzene rings is 2. The minimum atomic E-state index is -4.60. The fourth-order valence-electron chi connectivity index (χ4n) is 1.75. The van der Waals surface area contributed by atoms with E-state index in [0.717, 1.165) is 0 Å². The molecule has 0 spiro atoms. The molecule has 0 unspecified atom stereocenters. The highest BCUT2D eigenvalue weighted by atomic mass is 35.5. The van der Waals surface area contributed by atoms with Gasteiger partial charge in [-0.2, -0.15) is 13.2 Å². The Kier molecular flexibility index (Phi) is 5.16. The molecule has 0 bridgehead atoms. The predicted octanol–water partition coefficient (Wildman–Crippen LogP) is 5.96. The van der Waals surface area contributed by atoms with Gasteiger partial charge in [0.1, 0.15) is 5.75 Å². The van der Waals surface area contributed by atoms with Crippen molar-refractivity contribution in [3.8, 4) is 11.5 Å². The molecule has 0 N–H and O–H groups in total. The third-order valence-electron chi connectivity index (χ3n) is 2.82. The molecule has 23 heavy (non-hydrogen) atoms. The van der Waals surface area contributed by atoms with Crippen molar-refractivity contribution in [3.05, 3.63) is 57.6 Å². The van der Waals surface area contributed by atoms with Crippen molar-refractivity contribution in [2.24, 2.45) is 0 Å². The maximum absolute atomic E-state index is 12.7. The summed E-state index contributed by atoms with van der Waals surface area (Å²) in [5.74, 6) is -0.848. The molecular weight excluding hydrogens is 359 g/mol. The van der Waals surface area contributed by atoms with E-state index in [-0.39, 0.29) is 27.1 Å². The molecule has 0 fully saturated rings. The molecule has 2 aromatic rings. The summed E-state index contributed by atoms with van der Waals surface area (Å²) in [7, 11) is 0. The van der Waals surface area contributed by atoms with Gasteiger partial charge in [0, 0.05) is 5.56 Å². The van der Waals surface area contributed by atoms with Crippen LogP contribution >= 0.6 is 23.2 Å². The molecule has 2 aromatic carbocycles. The maximum atomic E-state index is 12.7. The van der Waals surface area contributed by atoms with Gasteiger partial charge in [0.15, 0.2) is 18.2 Å². The van der Waals surface area contributed by atoms with Gasteiger partial charge in [-0.1, -0.05) is 35.3 Å². The van der Waals surface area contributed by atoms with Gasteiger partial charge in [-0.05, 0) is 24.3 Å². The van der Waals surface area contributed by atoms with Crippen molar-refractivity contribution in [3.63, 3.8) is 0 Å². The SMILES string of the molecule is O=C(CF)c1cccc(Oc2c(Cl)cc(C(F)(F)F)cc2Cl)c1. The third-order valence-corrected chi connectivity index (χ3v) is 3.38. The summed E-state index contributed by atoms with van der Waals surface area (Å²) in [5, 5.41) is -0.681. The number of ether oxygens (including phenoxy) is 1. The smallest absolute Gasteiger partial charge is 0.416 e. The zero-order chi connectivity index (χ0) is 17.2. The van der Waals surface area contributed by atoms with Crippen LogP contribution in [0.3, 0.4) is 0 Å². The zero-order valence-electron chi connectivity index (χ0n) is 11.3. The lowest BCUT2D eigenvalue weighted by atomic mass is 10.1. The second kappa shape index (κ2) is 6.76. The van der Waals surface area contributed by atoms with Gasteiger partial charge in [0.25, 0.3) is 0 Å². The van der Waals surface area contributed by atoms with E-state index in [0.29, 0.717) is 12.1 Å². The molecule has 0 saturated heterocycles. The van der Waals surface area contributed by atoms with E-state index in [1.807, 2.05) is 0 Å². The van der Waals surface area contributed by atoms with Gasteiger partial charge in [-0.25, -0.2) is 4.39 Å². The molecule has 0 saturated carbocycles. The maximum Gasteiger partial charge on any atom is 0.416 e. The molecule has 2 rings (SSSR count). The molecule has 0 radical (unpaired) electrons. The Morgan fingerprint density at radius 1 is 1.09 bits per heavy atom. The van der Waals surface area contributed by atoms with E-state index < -0.39 is 24.2 Å². The van der Waals surface area contributed by atoms with Crippen LogP contribution < -0.4 is 4.74 Å². The fraction of sp³-hybridized carbons (Fsp3) is 0.133. The molecule has 0 amide bonds. The Bertz CT molecular complexity index is 721. The molecule has 122 valence electrons. The standard InChI is InChI=1S/C15H8Cl2F4O2/c16-11-5-9(15(19,20)21)6-12(17)14(11)23-10-3-1-2-8(4-10)13(22)7-18/h1-6H,7H2. The summed E-state index contributed by atoms with van der Waals surface area (Å²) in [6.07, 6.45) is -4.60. The number of carbonyl (C=O) groups excluding carboxylic acids is 1. The summed E-state index contributed by atoms with van der Waals surface area (Å²) in [5.41, 5.74) is -0.953. The number of rotatable bonds is 4. The Morgan fingerprint density at radius 2 is 1.70 bits per heavy atom. The fourth-order valence-corrected chi connectivity index (χ4v) is 2.31. The number of ketones is 1. The van der Waals surface area contributed by atoms with Gasteiger partial charge >= 0.3 is 6.18 Å². The second-order valence-electron chi connectivity index (χ2n) is 4.45. The van der Waals surface area contributed by atoms with Crippen LogP contribution in [0, 0.1) is 0 Å². The van der Waals surface area contributed by atoms with E-state index in [1.165, 1.54) is 24.3 Å². The zero-order valence-corrected chi connectivity index (χ0v) is 12.8. The van der Waals surface area contributed by atoms with Crippen molar-refractivity contribution >= 4 is 29.0 Å². The molecule has 0 aliphatic carbocycles. The van der Waals surface area contributed by atoms with E-state index in [2.05, 4.69) is 0 Å². The quantitative estimate of drug-likeness (QED) is 0.493. The molecule has 0 atom stereocenters. The average Bonchev–Trinajstić information content (AvgIpc) is 2.49. The van der Waals surface area contributed by atoms with Crippen LogP contribution in [0.15, 0.2) is 36.4 Å². The van der Waals surface area contributed by atoms with E-state index >= 15 is 0 Å². The van der Waals surface area contributed by atoms with Crippen LogP contribution in [-0.4, -0.2) is 12.5 Å². The first kappa shape index (κ1) is 17.6. The molecule has 2 nitrogen and oxygen atoms in total. The summed E-state index contributed by atoms with van der Waals surface area (Å²) in [6, 6.07) is 6.85. The number of halogens is 6. The average molecular weight is 367 g/mol. The highest BCUT2D eigenvalue weighted by molar-refractivity contribution is 6.37. The number of alkyl halides is 4. The van der Waals surface area contributed by atoms with Crippen molar-refractivity contribution < 1.29 is 27.1 Å². The highest BCUT2D eigenvalue weighted by Crippen LogP contribution is 2.41. The Labute approximate surface area is 138 Å². The van der Waals surface area contributed by atoms with Gasteiger partial charge in [0.2, 0.25) is 0 Å². The number of hydrogen-bond donors (Lipinski definition) is 0. The van der Waals surface area contributed by atoms with Crippen molar-refractivity contribution in [2.45, 2.75) is 6.18 Å². The van der Waals surface area contributed by atoms with Crippen molar-refractivity contribution in [2.75, 3.05) is 6.67 Å². The summed E-state index contributed by atoms with van der Waals surface area (Å²) < 4.78 is 55.7. The van der Waals surface area contributed by atoms with Crippen molar-refractivity contribution in [1.29, 1.82) is 0 Å². The Balaban J connectivity index is 2.36. The second-order valence-corrected chi connectivity index (χ2v) is 5.27. The largest absolute Gasteiger partial charge is 0.454 e. The van der Waals surface area contributed by atoms with Gasteiger partial charge in [-0.3, -0.25) is 4.79 Å². The molecule has 0 aliphatic heterocycles. The minimum Gasteiger partial charge on any atom is -0.454 e. The molecule has 8 heteroatoms. The summed E-state index contributed by atoms with van der Waals surface area (Å²) >= 11 is 11.6. The van der Waals surface area contributed by atoms with Crippen LogP contribution in [0.1, 0.15) is 15.9 Å². The normalized spacial score (nSPS) is 11.4. The molecule has 0 heterocycles. The van der Waals surface area contributed by atoms with Crippen LogP contribution in [0.2, 0.25) is 10.0 Å². The Hall–Kier alpha value is -1.79. The first-order chi connectivity index (χ1) is 10.7. The highest BCUT2D eigenvalue weighted by Gasteiger charge is 2.32. The van der Waals surface area contributed by atoms with E-state index in [1.54, 1.807) is 0 Å². The Morgan fingerprint density at radius 3 is 2.22 bits per heavy atom. The van der Waals surface area contributed by atoms with Gasteiger partial charge in [-0.15, -0.1) is 0 Å². The third kappa shape index (κ3) is 4.14. The minimum absolute atomic E-state index is 0.0594. The van der Waals surface area contributed by atoms with Gasteiger partial charge < -0.3 is 4.74 Å². The summed E-state index contributed by atoms with van der Waals surface area (Å²) in [6.45, 7) is -1.18. The first-order valence-electron chi connectivity index (χ1n) is 6.15. The number of hydrogen-bond acceptors (Lipinski definition) is 2. The number of Topliss-reactive ketones (excluding diaryl/α,β-unsaturated/α-hetero) is 1. The molecule has 0 aliphatic rings. The lowest BCUT2D eigenvalue weighted by Crippen LogP contribution is -2.05. The topological polar surface area (TPSA) is 26.3 Å². The van der Waals surface area contributed by atoms with Crippen LogP contribution in [0.25, 0.3) is 0 Å². The van der Waals surface area contributed by atoms with E-state index in [9.17, 15) is 22.4 Å². The number of carbonyl (C=O) groups is 1. The van der Waals surface area contributed by atoms with Crippen molar-refractivity contribution in [1.82, 2.24) is 0 Å². The van der Waals surface area contributed by atoms with Gasteiger partial charge in [0.05, 0.1) is 15.6 Å². The monoisotopic (exact) mass is 366 g/mol. The summed E-state index contributed by atoms with van der Waals surface area (Å²) in [4.78, 5) is 11.3. The van der Waals surface area contributed by atoms with Crippen LogP contribution in [0.4, 0.5) is 17.6 Å². The lowest BCUT2D eigenvalue weighted by Gasteiger charge is -2.13. The first-order valence-corrected chi connectivity index (χ1v) is 6.91. The molecular formula is C15H8Cl2F4O2. The predicted molar refractivity (Wildman–Crippen MR) is 78.3 cm³/mol.